The van der Waals surface area contributed by atoms with Crippen LogP contribution in [0.15, 0.2) is 139 Å². The van der Waals surface area contributed by atoms with Gasteiger partial charge in [-0.05, 0) is 114 Å². The number of fused-ring (bicyclic) bond motifs is 3. The number of allylic oxidation sites excluding steroid dienone is 1. The number of unbranched alkanes of at least 4 members (excludes halogenated alkanes) is 2. The summed E-state index contributed by atoms with van der Waals surface area (Å²) in [6, 6.07) is 31.3. The third-order valence-corrected chi connectivity index (χ3v) is 13.6. The van der Waals surface area contributed by atoms with Gasteiger partial charge in [0.1, 0.15) is 36.6 Å². The third-order valence-electron chi connectivity index (χ3n) is 13.6. The van der Waals surface area contributed by atoms with E-state index in [1.54, 1.807) is 36.4 Å². The molecule has 68 heavy (non-hydrogen) atoms. The zero-order chi connectivity index (χ0) is 47.6. The lowest BCUT2D eigenvalue weighted by Crippen LogP contribution is -2.70. The predicted octanol–water partition coefficient (Wildman–Crippen LogP) is 10.9. The lowest BCUT2D eigenvalue weighted by Gasteiger charge is -2.60. The summed E-state index contributed by atoms with van der Waals surface area (Å²) in [6.07, 6.45) is 9.05. The van der Waals surface area contributed by atoms with E-state index in [1.165, 1.54) is 18.2 Å². The highest BCUT2D eigenvalue weighted by atomic mass is 19.1. The number of aliphatic hydroxyl groups is 2. The standard InChI is InChI=1S/C55H60FN3O9/c1-3-27-58(54(62)41-22-21-38-13-5-6-14-39(38)31-41)51-34-49(57-67-35-37-19-23-43(24-20-37)59(63)64)46-32-40(15-9-11-28-60)45(17-10-12-29-61)52-47-33-44(65-36-42-16-7-8-18-48(42)56)25-26-50(47)68-55(51,53(46)52)66-30-4-2/h4-8,13-14,16,18-26,31-33,40,45,51-53,60-61H,2-3,9-12,15,17,27-30,34-36H2,1H3. The number of rotatable bonds is 22. The number of nitro groups is 1. The second-order valence-corrected chi connectivity index (χ2v) is 17.9. The molecule has 6 atom stereocenters. The second-order valence-electron chi connectivity index (χ2n) is 17.9. The molecule has 1 fully saturated rings. The predicted molar refractivity (Wildman–Crippen MR) is 259 cm³/mol. The Bertz CT molecular complexity index is 2640. The Balaban J connectivity index is 1.31. The summed E-state index contributed by atoms with van der Waals surface area (Å²) in [5.41, 5.74) is 3.96. The maximum Gasteiger partial charge on any atom is 0.269 e. The molecular formula is C55H60FN3O9. The Morgan fingerprint density at radius 2 is 1.69 bits per heavy atom. The van der Waals surface area contributed by atoms with Gasteiger partial charge in [-0.15, -0.1) is 6.58 Å². The van der Waals surface area contributed by atoms with Crippen LogP contribution >= 0.6 is 0 Å². The van der Waals surface area contributed by atoms with Crippen LogP contribution in [-0.4, -0.2) is 69.8 Å². The molecule has 1 aliphatic heterocycles. The molecule has 12 nitrogen and oxygen atoms in total. The van der Waals surface area contributed by atoms with E-state index in [0.717, 1.165) is 47.6 Å². The van der Waals surface area contributed by atoms with Crippen molar-refractivity contribution in [1.82, 2.24) is 4.90 Å². The Kier molecular flexibility index (Phi) is 15.6. The Hall–Kier alpha value is -6.41. The number of hydrogen-bond acceptors (Lipinski definition) is 10. The molecule has 5 aromatic carbocycles. The lowest BCUT2D eigenvalue weighted by atomic mass is 9.55. The number of amides is 1. The van der Waals surface area contributed by atoms with E-state index in [1.807, 2.05) is 72.5 Å². The maximum absolute atomic E-state index is 15.3. The normalized spacial score (nSPS) is 22.1. The first-order valence-corrected chi connectivity index (χ1v) is 23.8. The summed E-state index contributed by atoms with van der Waals surface area (Å²) in [6.45, 7) is 6.71. The van der Waals surface area contributed by atoms with Crippen molar-refractivity contribution < 1.29 is 43.4 Å². The fourth-order valence-corrected chi connectivity index (χ4v) is 10.5. The van der Waals surface area contributed by atoms with Crippen LogP contribution in [0.3, 0.4) is 0 Å². The lowest BCUT2D eigenvalue weighted by molar-refractivity contribution is -0.384. The summed E-state index contributed by atoms with van der Waals surface area (Å²) < 4.78 is 35.7. The number of nitro benzene ring substituents is 1. The topological polar surface area (TPSA) is 153 Å². The molecule has 0 radical (unpaired) electrons. The van der Waals surface area contributed by atoms with Crippen LogP contribution < -0.4 is 9.47 Å². The van der Waals surface area contributed by atoms with Gasteiger partial charge in [0.05, 0.1) is 23.2 Å². The second kappa shape index (κ2) is 22.1. The van der Waals surface area contributed by atoms with Gasteiger partial charge >= 0.3 is 0 Å². The van der Waals surface area contributed by atoms with Crippen molar-refractivity contribution in [2.24, 2.45) is 22.9 Å². The maximum atomic E-state index is 15.3. The summed E-state index contributed by atoms with van der Waals surface area (Å²) in [4.78, 5) is 34.4. The van der Waals surface area contributed by atoms with E-state index in [0.29, 0.717) is 59.7 Å². The summed E-state index contributed by atoms with van der Waals surface area (Å²) >= 11 is 0. The molecule has 1 heterocycles. The van der Waals surface area contributed by atoms with Crippen LogP contribution in [0, 0.1) is 33.7 Å². The largest absolute Gasteiger partial charge is 0.489 e. The zero-order valence-corrected chi connectivity index (χ0v) is 38.5. The third kappa shape index (κ3) is 10.2. The SMILES string of the molecule is C=CCOC12Oc3ccc(OCc4ccccc4F)cc3C3C(CCCCO)C(CCCCO)C=C(C(=NOCc4ccc([N+](=O)[O-])cc4)CC1N(CCC)C(=O)c1ccc4ccccc4c1)C32. The minimum absolute atomic E-state index is 0.00932. The average molecular weight is 926 g/mol. The molecule has 13 heteroatoms. The average Bonchev–Trinajstić information content (AvgIpc) is 3.36. The highest BCUT2D eigenvalue weighted by molar-refractivity contribution is 6.04. The number of aliphatic hydroxyl groups excluding tert-OH is 2. The van der Waals surface area contributed by atoms with Crippen LogP contribution in [0.25, 0.3) is 10.8 Å². The van der Waals surface area contributed by atoms with E-state index >= 15 is 4.79 Å². The first-order valence-electron chi connectivity index (χ1n) is 23.8. The highest BCUT2D eigenvalue weighted by Gasteiger charge is 2.65. The number of halogens is 1. The molecule has 0 spiro atoms. The molecule has 1 saturated carbocycles. The van der Waals surface area contributed by atoms with Crippen molar-refractivity contribution in [2.75, 3.05) is 26.4 Å². The minimum Gasteiger partial charge on any atom is -0.489 e. The molecule has 8 rings (SSSR count). The molecule has 356 valence electrons. The highest BCUT2D eigenvalue weighted by Crippen LogP contribution is 2.62. The molecule has 6 unspecified atom stereocenters. The Labute approximate surface area is 396 Å². The van der Waals surface area contributed by atoms with E-state index < -0.39 is 22.7 Å². The number of non-ortho nitro benzene ring substituents is 1. The molecule has 5 aromatic rings. The number of oxime groups is 1. The number of benzene rings is 5. The van der Waals surface area contributed by atoms with Crippen molar-refractivity contribution in [1.29, 1.82) is 0 Å². The van der Waals surface area contributed by atoms with Crippen molar-refractivity contribution in [3.63, 3.8) is 0 Å². The summed E-state index contributed by atoms with van der Waals surface area (Å²) in [5.74, 6) is -1.82. The quantitative estimate of drug-likeness (QED) is 0.0299. The molecule has 2 N–H and O–H groups in total. The Morgan fingerprint density at radius 3 is 2.43 bits per heavy atom. The van der Waals surface area contributed by atoms with Crippen molar-refractivity contribution >= 4 is 28.1 Å². The smallest absolute Gasteiger partial charge is 0.269 e. The van der Waals surface area contributed by atoms with E-state index in [2.05, 4.69) is 12.7 Å². The van der Waals surface area contributed by atoms with Crippen LogP contribution in [0.2, 0.25) is 0 Å². The Morgan fingerprint density at radius 1 is 0.941 bits per heavy atom. The van der Waals surface area contributed by atoms with Gasteiger partial charge in [-0.1, -0.05) is 85.6 Å². The van der Waals surface area contributed by atoms with E-state index in [4.69, 9.17) is 24.2 Å². The molecular weight excluding hydrogens is 866 g/mol. The molecule has 0 aromatic heterocycles. The first kappa shape index (κ1) is 48.1. The summed E-state index contributed by atoms with van der Waals surface area (Å²) in [7, 11) is 0. The van der Waals surface area contributed by atoms with Crippen LogP contribution in [-0.2, 0) is 22.8 Å². The van der Waals surface area contributed by atoms with E-state index in [-0.39, 0.29) is 74.6 Å². The van der Waals surface area contributed by atoms with Gasteiger partial charge in [0.15, 0.2) is 0 Å². The molecule has 1 amide bonds. The number of nitrogens with zero attached hydrogens (tertiary/aromatic N) is 3. The zero-order valence-electron chi connectivity index (χ0n) is 38.5. The molecule has 0 saturated heterocycles. The first-order chi connectivity index (χ1) is 33.2. The van der Waals surface area contributed by atoms with Gasteiger partial charge in [0.25, 0.3) is 11.6 Å². The van der Waals surface area contributed by atoms with Crippen LogP contribution in [0.4, 0.5) is 10.1 Å². The molecule has 3 aliphatic rings. The number of hydrogen-bond donors (Lipinski definition) is 2. The van der Waals surface area contributed by atoms with E-state index in [9.17, 15) is 24.7 Å². The van der Waals surface area contributed by atoms with Crippen LogP contribution in [0.1, 0.15) is 91.3 Å². The fraction of sp³-hybridized carbons (Fsp3) is 0.382. The van der Waals surface area contributed by atoms with Crippen molar-refractivity contribution in [2.45, 2.75) is 89.3 Å². The number of ether oxygens (including phenoxy) is 3. The van der Waals surface area contributed by atoms with Gasteiger partial charge in [0, 0.05) is 60.9 Å². The van der Waals surface area contributed by atoms with Gasteiger partial charge in [-0.2, -0.15) is 0 Å². The molecule has 2 aliphatic carbocycles. The summed E-state index contributed by atoms with van der Waals surface area (Å²) in [5, 5.41) is 38.3. The van der Waals surface area contributed by atoms with Gasteiger partial charge < -0.3 is 34.2 Å². The number of carbonyl (C=O) groups is 1. The van der Waals surface area contributed by atoms with Crippen molar-refractivity contribution in [3.05, 3.63) is 172 Å². The van der Waals surface area contributed by atoms with Crippen LogP contribution in [0.5, 0.6) is 11.5 Å². The minimum atomic E-state index is -1.47. The monoisotopic (exact) mass is 925 g/mol. The van der Waals surface area contributed by atoms with Crippen molar-refractivity contribution in [3.8, 4) is 11.5 Å². The molecule has 0 bridgehead atoms. The fourth-order valence-electron chi connectivity index (χ4n) is 10.5. The van der Waals surface area contributed by atoms with Gasteiger partial charge in [-0.3, -0.25) is 14.9 Å². The number of carbonyl (C=O) groups excluding carboxylic acids is 1. The van der Waals surface area contributed by atoms with Gasteiger partial charge in [0.2, 0.25) is 5.79 Å². The van der Waals surface area contributed by atoms with Gasteiger partial charge in [-0.25, -0.2) is 4.39 Å².